The van der Waals surface area contributed by atoms with Crippen LogP contribution in [-0.4, -0.2) is 26.4 Å². The molecule has 3 N–H and O–H groups in total. The first-order chi connectivity index (χ1) is 11.0. The fraction of sp³-hybridized carbons (Fsp3) is 0.118. The first-order valence-corrected chi connectivity index (χ1v) is 7.08. The zero-order valence-corrected chi connectivity index (χ0v) is 12.4. The van der Waals surface area contributed by atoms with Gasteiger partial charge in [-0.15, -0.1) is 0 Å². The Hall–Kier alpha value is -3.15. The van der Waals surface area contributed by atoms with Crippen LogP contribution in [0.4, 0.5) is 5.69 Å². The lowest BCUT2D eigenvalue weighted by molar-refractivity contribution is 0.0698. The minimum atomic E-state index is -1.17. The minimum absolute atomic E-state index is 0.0949. The summed E-state index contributed by atoms with van der Waals surface area (Å²) < 4.78 is 1.69. The maximum atomic E-state index is 12.7. The van der Waals surface area contributed by atoms with Crippen molar-refractivity contribution in [1.29, 1.82) is 0 Å². The van der Waals surface area contributed by atoms with Gasteiger partial charge in [0, 0.05) is 17.5 Å². The second-order valence-electron chi connectivity index (χ2n) is 5.37. The fourth-order valence-corrected chi connectivity index (χ4v) is 2.37. The Morgan fingerprint density at radius 3 is 2.83 bits per heavy atom. The molecule has 0 saturated heterocycles. The van der Waals surface area contributed by atoms with E-state index in [-0.39, 0.29) is 34.3 Å². The Kier molecular flexibility index (Phi) is 3.57. The van der Waals surface area contributed by atoms with Crippen LogP contribution in [0, 0.1) is 5.92 Å². The van der Waals surface area contributed by atoms with E-state index in [1.165, 1.54) is 18.2 Å². The van der Waals surface area contributed by atoms with Gasteiger partial charge in [-0.1, -0.05) is 19.1 Å². The number of hydrogen-bond acceptors (Lipinski definition) is 4. The van der Waals surface area contributed by atoms with Crippen molar-refractivity contribution in [1.82, 2.24) is 9.55 Å². The summed E-state index contributed by atoms with van der Waals surface area (Å²) in [5, 5.41) is 9.13. The van der Waals surface area contributed by atoms with E-state index in [9.17, 15) is 9.59 Å². The van der Waals surface area contributed by atoms with Gasteiger partial charge in [-0.05, 0) is 30.2 Å². The number of aromatic carboxylic acids is 1. The van der Waals surface area contributed by atoms with Crippen LogP contribution in [0.3, 0.4) is 0 Å². The molecule has 116 valence electrons. The third-order valence-electron chi connectivity index (χ3n) is 3.68. The number of carboxylic acids is 1. The summed E-state index contributed by atoms with van der Waals surface area (Å²) in [4.78, 5) is 28.0. The van der Waals surface area contributed by atoms with Crippen molar-refractivity contribution in [3.05, 3.63) is 59.2 Å². The molecule has 3 rings (SSSR count). The van der Waals surface area contributed by atoms with E-state index >= 15 is 0 Å². The number of carbonyl (C=O) groups excluding carboxylic acids is 1. The Bertz CT molecular complexity index is 862. The maximum Gasteiger partial charge on any atom is 0.337 e. The number of carbonyl (C=O) groups is 2. The number of nitrogen functional groups attached to an aromatic ring is 1. The number of benzene rings is 1. The highest BCUT2D eigenvalue weighted by Crippen LogP contribution is 2.20. The highest BCUT2D eigenvalue weighted by molar-refractivity contribution is 6.09. The summed E-state index contributed by atoms with van der Waals surface area (Å²) in [6, 6.07) is 4.20. The third kappa shape index (κ3) is 2.66. The molecule has 23 heavy (non-hydrogen) atoms. The van der Waals surface area contributed by atoms with E-state index < -0.39 is 5.97 Å². The van der Waals surface area contributed by atoms with Gasteiger partial charge in [0.25, 0.3) is 0 Å². The summed E-state index contributed by atoms with van der Waals surface area (Å²) in [5.74, 6) is -1.04. The van der Waals surface area contributed by atoms with Gasteiger partial charge in [0.1, 0.15) is 0 Å². The monoisotopic (exact) mass is 309 g/mol. The first-order valence-electron chi connectivity index (χ1n) is 7.08. The molecule has 1 unspecified atom stereocenters. The molecule has 1 aliphatic rings. The molecular formula is C17H15N3O3. The van der Waals surface area contributed by atoms with Crippen molar-refractivity contribution in [3.63, 3.8) is 0 Å². The van der Waals surface area contributed by atoms with Gasteiger partial charge >= 0.3 is 5.97 Å². The molecule has 6 nitrogen and oxygen atoms in total. The topological polar surface area (TPSA) is 98.2 Å². The number of nitrogens with two attached hydrogens (primary N) is 1. The maximum absolute atomic E-state index is 12.7. The lowest BCUT2D eigenvalue weighted by Crippen LogP contribution is -2.11. The van der Waals surface area contributed by atoms with Crippen molar-refractivity contribution in [2.75, 3.05) is 5.73 Å². The normalized spacial score (nSPS) is 16.0. The predicted molar refractivity (Wildman–Crippen MR) is 87.0 cm³/mol. The standard InChI is InChI=1S/C17H15N3O3/c1-10-2-4-12-9-19-16(20(12)7-6-10)15(21)11-3-5-14(18)13(8-11)17(22)23/h2-10H,18H2,1H3,(H,22,23). The number of ketones is 1. The summed E-state index contributed by atoms with van der Waals surface area (Å²) in [6.45, 7) is 2.04. The molecule has 0 amide bonds. The largest absolute Gasteiger partial charge is 0.478 e. The summed E-state index contributed by atoms with van der Waals surface area (Å²) >= 11 is 0. The van der Waals surface area contributed by atoms with Crippen molar-refractivity contribution < 1.29 is 14.7 Å². The molecular weight excluding hydrogens is 294 g/mol. The van der Waals surface area contributed by atoms with Crippen LogP contribution in [0.5, 0.6) is 0 Å². The average Bonchev–Trinajstić information content (AvgIpc) is 2.84. The number of allylic oxidation sites excluding steroid dienone is 2. The van der Waals surface area contributed by atoms with Crippen LogP contribution in [0.1, 0.15) is 39.2 Å². The number of rotatable bonds is 3. The molecule has 0 radical (unpaired) electrons. The highest BCUT2D eigenvalue weighted by atomic mass is 16.4. The highest BCUT2D eigenvalue weighted by Gasteiger charge is 2.20. The summed E-state index contributed by atoms with van der Waals surface area (Å²) in [6.07, 6.45) is 9.28. The number of anilines is 1. The van der Waals surface area contributed by atoms with Gasteiger partial charge in [-0.2, -0.15) is 0 Å². The minimum Gasteiger partial charge on any atom is -0.478 e. The molecule has 0 fully saturated rings. The van der Waals surface area contributed by atoms with Crippen molar-refractivity contribution in [2.45, 2.75) is 6.92 Å². The average molecular weight is 309 g/mol. The molecule has 6 heteroatoms. The second kappa shape index (κ2) is 5.57. The van der Waals surface area contributed by atoms with E-state index in [4.69, 9.17) is 10.8 Å². The van der Waals surface area contributed by atoms with Gasteiger partial charge in [0.05, 0.1) is 17.5 Å². The van der Waals surface area contributed by atoms with Gasteiger partial charge < -0.3 is 10.8 Å². The molecule has 2 aromatic rings. The second-order valence-corrected chi connectivity index (χ2v) is 5.37. The van der Waals surface area contributed by atoms with E-state index in [1.807, 2.05) is 25.2 Å². The Labute approximate surface area is 132 Å². The lowest BCUT2D eigenvalue weighted by atomic mass is 10.0. The number of carboxylic acid groups (broad SMARTS) is 1. The Morgan fingerprint density at radius 1 is 1.30 bits per heavy atom. The fourth-order valence-electron chi connectivity index (χ4n) is 2.37. The van der Waals surface area contributed by atoms with Crippen LogP contribution < -0.4 is 5.73 Å². The van der Waals surface area contributed by atoms with Crippen LogP contribution in [-0.2, 0) is 0 Å². The molecule has 0 spiro atoms. The molecule has 2 heterocycles. The Balaban J connectivity index is 2.05. The summed E-state index contributed by atoms with van der Waals surface area (Å²) in [7, 11) is 0. The zero-order chi connectivity index (χ0) is 16.6. The number of aromatic nitrogens is 2. The van der Waals surface area contributed by atoms with Crippen LogP contribution in [0.15, 0.2) is 36.5 Å². The predicted octanol–water partition coefficient (Wildman–Crippen LogP) is 2.53. The number of nitrogens with zero attached hydrogens (tertiary/aromatic N) is 2. The summed E-state index contributed by atoms with van der Waals surface area (Å²) in [5.41, 5.74) is 6.68. The van der Waals surface area contributed by atoms with Crippen molar-refractivity contribution in [2.24, 2.45) is 5.92 Å². The molecule has 0 aliphatic carbocycles. The number of imidazole rings is 1. The third-order valence-corrected chi connectivity index (χ3v) is 3.68. The van der Waals surface area contributed by atoms with Crippen LogP contribution in [0.2, 0.25) is 0 Å². The molecule has 0 saturated carbocycles. The quantitative estimate of drug-likeness (QED) is 0.670. The van der Waals surface area contributed by atoms with Crippen molar-refractivity contribution in [3.8, 4) is 0 Å². The lowest BCUT2D eigenvalue weighted by Gasteiger charge is -2.06. The van der Waals surface area contributed by atoms with Crippen LogP contribution in [0.25, 0.3) is 12.3 Å². The molecule has 0 bridgehead atoms. The molecule has 1 atom stereocenters. The van der Waals surface area contributed by atoms with Gasteiger partial charge in [-0.3, -0.25) is 9.36 Å². The molecule has 1 aliphatic heterocycles. The van der Waals surface area contributed by atoms with E-state index in [0.29, 0.717) is 0 Å². The van der Waals surface area contributed by atoms with Gasteiger partial charge in [-0.25, -0.2) is 9.78 Å². The zero-order valence-electron chi connectivity index (χ0n) is 12.4. The number of fused-ring (bicyclic) bond motifs is 1. The van der Waals surface area contributed by atoms with E-state index in [1.54, 1.807) is 17.0 Å². The van der Waals surface area contributed by atoms with Crippen molar-refractivity contribution >= 4 is 29.7 Å². The number of hydrogen-bond donors (Lipinski definition) is 2. The SMILES string of the molecule is CC1C=Cc2cnc(C(=O)c3ccc(N)c(C(=O)O)c3)n2C=C1. The first kappa shape index (κ1) is 14.8. The smallest absolute Gasteiger partial charge is 0.337 e. The molecule has 1 aromatic heterocycles. The van der Waals surface area contributed by atoms with E-state index in [0.717, 1.165) is 5.69 Å². The molecule has 1 aromatic carbocycles. The Morgan fingerprint density at radius 2 is 2.09 bits per heavy atom. The van der Waals surface area contributed by atoms with E-state index in [2.05, 4.69) is 4.98 Å². The van der Waals surface area contributed by atoms with Gasteiger partial charge in [0.2, 0.25) is 5.78 Å². The van der Waals surface area contributed by atoms with Crippen LogP contribution >= 0.6 is 0 Å². The van der Waals surface area contributed by atoms with Gasteiger partial charge in [0.15, 0.2) is 5.82 Å².